The van der Waals surface area contributed by atoms with E-state index in [4.69, 9.17) is 0 Å². The fraction of sp³-hybridized carbons (Fsp3) is 0.214. The van der Waals surface area contributed by atoms with E-state index in [0.717, 1.165) is 29.9 Å². The molecule has 1 heterocycles. The minimum absolute atomic E-state index is 0.420. The summed E-state index contributed by atoms with van der Waals surface area (Å²) < 4.78 is 39.0. The van der Waals surface area contributed by atoms with E-state index in [9.17, 15) is 23.1 Å². The lowest BCUT2D eigenvalue weighted by Gasteiger charge is -2.26. The van der Waals surface area contributed by atoms with Gasteiger partial charge in [0, 0.05) is 4.88 Å². The van der Waals surface area contributed by atoms with Gasteiger partial charge in [0.1, 0.15) is 0 Å². The summed E-state index contributed by atoms with van der Waals surface area (Å²) in [5, 5.41) is 9.79. The predicted molar refractivity (Wildman–Crippen MR) is 70.4 cm³/mol. The zero-order chi connectivity index (χ0) is 15.0. The molecule has 0 amide bonds. The Labute approximate surface area is 117 Å². The molecule has 0 saturated heterocycles. The number of Topliss-reactive ketones (excluding diaryl/α,β-unsaturated/α-hetero) is 1. The minimum Gasteiger partial charge on any atom is -0.369 e. The highest BCUT2D eigenvalue weighted by Gasteiger charge is 2.59. The van der Waals surface area contributed by atoms with E-state index in [-0.39, 0.29) is 0 Å². The van der Waals surface area contributed by atoms with Crippen molar-refractivity contribution in [1.82, 2.24) is 0 Å². The molecule has 0 spiro atoms. The standard InChI is InChI=1S/C14H11F3O2S/c1-9(18)13(19,14(15,16)17)12-8-7-11(20-12)10-5-3-2-4-6-10/h2-8,19H,1H3. The quantitative estimate of drug-likeness (QED) is 0.937. The molecule has 1 unspecified atom stereocenters. The first-order chi connectivity index (χ1) is 9.26. The van der Waals surface area contributed by atoms with Crippen LogP contribution in [0.5, 0.6) is 0 Å². The fourth-order valence-electron chi connectivity index (χ4n) is 1.80. The molecule has 2 nitrogen and oxygen atoms in total. The molecule has 0 radical (unpaired) electrons. The third kappa shape index (κ3) is 2.36. The number of carbonyl (C=O) groups is 1. The Kier molecular flexibility index (Phi) is 3.71. The molecule has 6 heteroatoms. The van der Waals surface area contributed by atoms with Crippen LogP contribution in [-0.4, -0.2) is 17.1 Å². The Hall–Kier alpha value is -1.66. The molecule has 1 aromatic heterocycles. The molecule has 106 valence electrons. The van der Waals surface area contributed by atoms with Crippen LogP contribution in [0.1, 0.15) is 11.8 Å². The third-order valence-electron chi connectivity index (χ3n) is 2.94. The van der Waals surface area contributed by atoms with Gasteiger partial charge < -0.3 is 5.11 Å². The zero-order valence-corrected chi connectivity index (χ0v) is 11.3. The lowest BCUT2D eigenvalue weighted by molar-refractivity contribution is -0.253. The molecule has 0 saturated carbocycles. The molecular weight excluding hydrogens is 289 g/mol. The summed E-state index contributed by atoms with van der Waals surface area (Å²) in [4.78, 5) is 11.4. The molecule has 1 N–H and O–H groups in total. The molecule has 0 aliphatic heterocycles. The van der Waals surface area contributed by atoms with Gasteiger partial charge in [-0.2, -0.15) is 13.2 Å². The van der Waals surface area contributed by atoms with Crippen LogP contribution in [-0.2, 0) is 10.4 Å². The number of thiophene rings is 1. The Bertz CT molecular complexity index is 619. The number of benzene rings is 1. The van der Waals surface area contributed by atoms with Gasteiger partial charge in [0.05, 0.1) is 4.88 Å². The molecule has 1 atom stereocenters. The lowest BCUT2D eigenvalue weighted by Crippen LogP contribution is -2.47. The summed E-state index contributed by atoms with van der Waals surface area (Å²) in [5.41, 5.74) is -2.71. The van der Waals surface area contributed by atoms with Gasteiger partial charge in [0.25, 0.3) is 5.60 Å². The van der Waals surface area contributed by atoms with E-state index in [1.165, 1.54) is 6.07 Å². The Balaban J connectivity index is 2.49. The maximum absolute atomic E-state index is 13.0. The van der Waals surface area contributed by atoms with E-state index >= 15 is 0 Å². The van der Waals surface area contributed by atoms with E-state index in [0.29, 0.717) is 4.88 Å². The molecule has 0 aliphatic carbocycles. The van der Waals surface area contributed by atoms with E-state index < -0.39 is 22.4 Å². The van der Waals surface area contributed by atoms with Crippen molar-refractivity contribution >= 4 is 17.1 Å². The second-order valence-corrected chi connectivity index (χ2v) is 5.38. The summed E-state index contributed by atoms with van der Waals surface area (Å²) in [6, 6.07) is 11.4. The maximum Gasteiger partial charge on any atom is 0.429 e. The summed E-state index contributed by atoms with van der Waals surface area (Å²) >= 11 is 0.757. The second kappa shape index (κ2) is 5.03. The lowest BCUT2D eigenvalue weighted by atomic mass is 9.96. The fourth-order valence-corrected chi connectivity index (χ4v) is 2.97. The molecule has 2 aromatic rings. The number of alkyl halides is 3. The predicted octanol–water partition coefficient (Wildman–Crippen LogP) is 3.75. The van der Waals surface area contributed by atoms with Gasteiger partial charge in [0.15, 0.2) is 5.78 Å². The molecule has 0 aliphatic rings. The topological polar surface area (TPSA) is 37.3 Å². The number of hydrogen-bond donors (Lipinski definition) is 1. The molecular formula is C14H11F3O2S. The number of ketones is 1. The smallest absolute Gasteiger partial charge is 0.369 e. The van der Waals surface area contributed by atoms with Crippen LogP contribution in [0.2, 0.25) is 0 Å². The van der Waals surface area contributed by atoms with Crippen molar-refractivity contribution in [3.63, 3.8) is 0 Å². The van der Waals surface area contributed by atoms with Crippen molar-refractivity contribution in [2.45, 2.75) is 18.7 Å². The minimum atomic E-state index is -5.04. The van der Waals surface area contributed by atoms with Crippen LogP contribution >= 0.6 is 11.3 Å². The highest BCUT2D eigenvalue weighted by atomic mass is 32.1. The van der Waals surface area contributed by atoms with Crippen molar-refractivity contribution < 1.29 is 23.1 Å². The van der Waals surface area contributed by atoms with Crippen LogP contribution in [0.25, 0.3) is 10.4 Å². The van der Waals surface area contributed by atoms with Crippen LogP contribution in [0, 0.1) is 0 Å². The molecule has 0 fully saturated rings. The van der Waals surface area contributed by atoms with Crippen LogP contribution in [0.4, 0.5) is 13.2 Å². The Morgan fingerprint density at radius 2 is 1.70 bits per heavy atom. The number of halogens is 3. The highest BCUT2D eigenvalue weighted by Crippen LogP contribution is 2.44. The molecule has 20 heavy (non-hydrogen) atoms. The van der Waals surface area contributed by atoms with Crippen LogP contribution in [0.3, 0.4) is 0 Å². The second-order valence-electron chi connectivity index (χ2n) is 4.29. The first-order valence-electron chi connectivity index (χ1n) is 5.72. The Morgan fingerprint density at radius 1 is 1.10 bits per heavy atom. The van der Waals surface area contributed by atoms with E-state index in [1.807, 2.05) is 0 Å². The van der Waals surface area contributed by atoms with Gasteiger partial charge in [-0.25, -0.2) is 0 Å². The Morgan fingerprint density at radius 3 is 2.20 bits per heavy atom. The normalized spacial score (nSPS) is 14.8. The summed E-state index contributed by atoms with van der Waals surface area (Å²) in [6.07, 6.45) is -5.04. The van der Waals surface area contributed by atoms with Crippen molar-refractivity contribution in [3.05, 3.63) is 47.3 Å². The number of carbonyl (C=O) groups excluding carboxylic acids is 1. The molecule has 2 rings (SSSR count). The number of aliphatic hydroxyl groups is 1. The van der Waals surface area contributed by atoms with Gasteiger partial charge in [-0.1, -0.05) is 30.3 Å². The van der Waals surface area contributed by atoms with Crippen LogP contribution < -0.4 is 0 Å². The monoisotopic (exact) mass is 300 g/mol. The van der Waals surface area contributed by atoms with Gasteiger partial charge in [-0.05, 0) is 24.6 Å². The van der Waals surface area contributed by atoms with Gasteiger partial charge in [-0.15, -0.1) is 11.3 Å². The molecule has 1 aromatic carbocycles. The van der Waals surface area contributed by atoms with Crippen molar-refractivity contribution in [1.29, 1.82) is 0 Å². The SMILES string of the molecule is CC(=O)C(O)(c1ccc(-c2ccccc2)s1)C(F)(F)F. The summed E-state index contributed by atoms with van der Waals surface area (Å²) in [7, 11) is 0. The average Bonchev–Trinajstić information content (AvgIpc) is 2.87. The maximum atomic E-state index is 13.0. The molecule has 0 bridgehead atoms. The summed E-state index contributed by atoms with van der Waals surface area (Å²) in [5.74, 6) is -1.34. The van der Waals surface area contributed by atoms with Crippen molar-refractivity contribution in [3.8, 4) is 10.4 Å². The van der Waals surface area contributed by atoms with Gasteiger partial charge in [0.2, 0.25) is 0 Å². The first kappa shape index (κ1) is 14.7. The largest absolute Gasteiger partial charge is 0.429 e. The van der Waals surface area contributed by atoms with Gasteiger partial charge >= 0.3 is 6.18 Å². The number of rotatable bonds is 3. The third-order valence-corrected chi connectivity index (χ3v) is 4.18. The van der Waals surface area contributed by atoms with E-state index in [2.05, 4.69) is 0 Å². The summed E-state index contributed by atoms with van der Waals surface area (Å²) in [6.45, 7) is 0.732. The van der Waals surface area contributed by atoms with E-state index in [1.54, 1.807) is 30.3 Å². The average molecular weight is 300 g/mol. The highest BCUT2D eigenvalue weighted by molar-refractivity contribution is 7.15. The van der Waals surface area contributed by atoms with Crippen LogP contribution in [0.15, 0.2) is 42.5 Å². The van der Waals surface area contributed by atoms with Crippen molar-refractivity contribution in [2.75, 3.05) is 0 Å². The zero-order valence-electron chi connectivity index (χ0n) is 10.4. The number of hydrogen-bond acceptors (Lipinski definition) is 3. The van der Waals surface area contributed by atoms with Crippen molar-refractivity contribution in [2.24, 2.45) is 0 Å². The first-order valence-corrected chi connectivity index (χ1v) is 6.54. The van der Waals surface area contributed by atoms with Gasteiger partial charge in [-0.3, -0.25) is 4.79 Å².